The molecule has 5 heteroatoms. The zero-order valence-corrected chi connectivity index (χ0v) is 10.3. The largest absolute Gasteiger partial charge is 0.399 e. The second kappa shape index (κ2) is 5.65. The van der Waals surface area contributed by atoms with Crippen molar-refractivity contribution in [3.63, 3.8) is 0 Å². The molecule has 16 heavy (non-hydrogen) atoms. The van der Waals surface area contributed by atoms with Gasteiger partial charge in [-0.25, -0.2) is 0 Å². The average Bonchev–Trinajstić information content (AvgIpc) is 2.25. The Hall–Kier alpha value is -1.36. The molecule has 0 heterocycles. The number of anilines is 2. The van der Waals surface area contributed by atoms with E-state index in [1.807, 2.05) is 6.26 Å². The fourth-order valence-corrected chi connectivity index (χ4v) is 1.51. The van der Waals surface area contributed by atoms with E-state index in [0.717, 1.165) is 6.54 Å². The molecule has 1 atom stereocenters. The molecular formula is C11H17N3OS. The maximum absolute atomic E-state index is 11.2. The topological polar surface area (TPSA) is 81.1 Å². The average molecular weight is 239 g/mol. The monoisotopic (exact) mass is 239 g/mol. The number of benzene rings is 1. The Morgan fingerprint density at radius 1 is 1.56 bits per heavy atom. The molecule has 4 nitrogen and oxygen atoms in total. The van der Waals surface area contributed by atoms with Gasteiger partial charge in [-0.1, -0.05) is 6.92 Å². The Labute approximate surface area is 99.8 Å². The zero-order chi connectivity index (χ0) is 12.1. The molecule has 0 spiro atoms. The Balaban J connectivity index is 2.84. The van der Waals surface area contributed by atoms with Crippen molar-refractivity contribution in [2.24, 2.45) is 5.73 Å². The SMILES string of the molecule is CSC(C)CNc1cc(N)ccc1C(N)=O. The van der Waals surface area contributed by atoms with E-state index in [9.17, 15) is 4.79 Å². The molecule has 1 aromatic rings. The molecule has 0 radical (unpaired) electrons. The van der Waals surface area contributed by atoms with E-state index >= 15 is 0 Å². The molecule has 0 aliphatic heterocycles. The van der Waals surface area contributed by atoms with Crippen LogP contribution in [0, 0.1) is 0 Å². The minimum Gasteiger partial charge on any atom is -0.399 e. The molecule has 0 saturated carbocycles. The Bertz CT molecular complexity index is 381. The summed E-state index contributed by atoms with van der Waals surface area (Å²) in [6.45, 7) is 2.87. The first-order chi connectivity index (χ1) is 7.54. The van der Waals surface area contributed by atoms with Crippen LogP contribution < -0.4 is 16.8 Å². The van der Waals surface area contributed by atoms with Crippen molar-refractivity contribution in [3.8, 4) is 0 Å². The highest BCUT2D eigenvalue weighted by molar-refractivity contribution is 7.99. The van der Waals surface area contributed by atoms with E-state index in [2.05, 4.69) is 12.2 Å². The Kier molecular flexibility index (Phi) is 4.49. The lowest BCUT2D eigenvalue weighted by atomic mass is 10.1. The number of carbonyl (C=O) groups excluding carboxylic acids is 1. The van der Waals surface area contributed by atoms with Crippen LogP contribution in [0.25, 0.3) is 0 Å². The highest BCUT2D eigenvalue weighted by Gasteiger charge is 2.09. The second-order valence-corrected chi connectivity index (χ2v) is 4.87. The van der Waals surface area contributed by atoms with Gasteiger partial charge >= 0.3 is 0 Å². The molecule has 0 aliphatic rings. The van der Waals surface area contributed by atoms with Gasteiger partial charge in [0.1, 0.15) is 0 Å². The lowest BCUT2D eigenvalue weighted by Gasteiger charge is -2.13. The molecular weight excluding hydrogens is 222 g/mol. The minimum absolute atomic E-state index is 0.445. The summed E-state index contributed by atoms with van der Waals surface area (Å²) >= 11 is 1.75. The van der Waals surface area contributed by atoms with Gasteiger partial charge in [-0.15, -0.1) is 0 Å². The molecule has 0 aromatic heterocycles. The molecule has 0 bridgehead atoms. The predicted octanol–water partition coefficient (Wildman–Crippen LogP) is 1.53. The highest BCUT2D eigenvalue weighted by atomic mass is 32.2. The van der Waals surface area contributed by atoms with E-state index in [1.54, 1.807) is 30.0 Å². The maximum Gasteiger partial charge on any atom is 0.250 e. The van der Waals surface area contributed by atoms with Gasteiger partial charge in [-0.2, -0.15) is 11.8 Å². The van der Waals surface area contributed by atoms with Crippen LogP contribution in [0.5, 0.6) is 0 Å². The molecule has 0 aliphatic carbocycles. The fourth-order valence-electron chi connectivity index (χ4n) is 1.26. The summed E-state index contributed by atoms with van der Waals surface area (Å²) < 4.78 is 0. The van der Waals surface area contributed by atoms with Gasteiger partial charge in [-0.05, 0) is 24.5 Å². The number of hydrogen-bond acceptors (Lipinski definition) is 4. The standard InChI is InChI=1S/C11H17N3OS/c1-7(16-2)6-14-10-5-8(12)3-4-9(10)11(13)15/h3-5,7,14H,6,12H2,1-2H3,(H2,13,15). The number of nitrogen functional groups attached to an aromatic ring is 1. The van der Waals surface area contributed by atoms with E-state index < -0.39 is 5.91 Å². The molecule has 88 valence electrons. The van der Waals surface area contributed by atoms with Crippen molar-refractivity contribution in [1.29, 1.82) is 0 Å². The van der Waals surface area contributed by atoms with Crippen molar-refractivity contribution in [2.75, 3.05) is 23.9 Å². The van der Waals surface area contributed by atoms with Crippen LogP contribution in [-0.2, 0) is 0 Å². The summed E-state index contributed by atoms with van der Waals surface area (Å²) in [6.07, 6.45) is 2.04. The molecule has 1 aromatic carbocycles. The van der Waals surface area contributed by atoms with E-state index in [-0.39, 0.29) is 0 Å². The van der Waals surface area contributed by atoms with E-state index in [1.165, 1.54) is 0 Å². The summed E-state index contributed by atoms with van der Waals surface area (Å²) in [6, 6.07) is 5.04. The predicted molar refractivity (Wildman–Crippen MR) is 70.8 cm³/mol. The van der Waals surface area contributed by atoms with Gasteiger partial charge in [0, 0.05) is 23.2 Å². The number of nitrogens with two attached hydrogens (primary N) is 2. The van der Waals surface area contributed by atoms with Crippen molar-refractivity contribution in [3.05, 3.63) is 23.8 Å². The number of carbonyl (C=O) groups is 1. The van der Waals surface area contributed by atoms with Crippen LogP contribution in [0.2, 0.25) is 0 Å². The van der Waals surface area contributed by atoms with Crippen molar-refractivity contribution in [1.82, 2.24) is 0 Å². The molecule has 5 N–H and O–H groups in total. The van der Waals surface area contributed by atoms with E-state index in [0.29, 0.717) is 22.2 Å². The number of hydrogen-bond donors (Lipinski definition) is 3. The summed E-state index contributed by atoms with van der Waals surface area (Å²) in [7, 11) is 0. The van der Waals surface area contributed by atoms with Gasteiger partial charge in [0.05, 0.1) is 5.56 Å². The third-order valence-corrected chi connectivity index (χ3v) is 3.26. The smallest absolute Gasteiger partial charge is 0.250 e. The van der Waals surface area contributed by atoms with Crippen LogP contribution in [0.3, 0.4) is 0 Å². The molecule has 1 rings (SSSR count). The number of rotatable bonds is 5. The van der Waals surface area contributed by atoms with Crippen molar-refractivity contribution in [2.45, 2.75) is 12.2 Å². The second-order valence-electron chi connectivity index (χ2n) is 3.60. The summed E-state index contributed by atoms with van der Waals surface area (Å²) in [4.78, 5) is 11.2. The minimum atomic E-state index is -0.445. The van der Waals surface area contributed by atoms with Crippen LogP contribution in [-0.4, -0.2) is 24.0 Å². The van der Waals surface area contributed by atoms with Crippen LogP contribution >= 0.6 is 11.8 Å². The third-order valence-electron chi connectivity index (χ3n) is 2.29. The Morgan fingerprint density at radius 2 is 2.25 bits per heavy atom. The first-order valence-electron chi connectivity index (χ1n) is 5.00. The van der Waals surface area contributed by atoms with Crippen LogP contribution in [0.4, 0.5) is 11.4 Å². The van der Waals surface area contributed by atoms with Gasteiger partial charge in [0.15, 0.2) is 0 Å². The summed E-state index contributed by atoms with van der Waals surface area (Å²) in [5.41, 5.74) is 12.7. The molecule has 0 saturated heterocycles. The van der Waals surface area contributed by atoms with Crippen molar-refractivity contribution < 1.29 is 4.79 Å². The van der Waals surface area contributed by atoms with Gasteiger partial charge in [0.2, 0.25) is 0 Å². The van der Waals surface area contributed by atoms with Gasteiger partial charge in [-0.3, -0.25) is 4.79 Å². The van der Waals surface area contributed by atoms with Crippen LogP contribution in [0.1, 0.15) is 17.3 Å². The summed E-state index contributed by atoms with van der Waals surface area (Å²) in [5.74, 6) is -0.445. The van der Waals surface area contributed by atoms with Crippen LogP contribution in [0.15, 0.2) is 18.2 Å². The van der Waals surface area contributed by atoms with Gasteiger partial charge in [0.25, 0.3) is 5.91 Å². The zero-order valence-electron chi connectivity index (χ0n) is 9.49. The number of primary amides is 1. The number of amides is 1. The number of nitrogens with one attached hydrogen (secondary N) is 1. The Morgan fingerprint density at radius 3 is 2.81 bits per heavy atom. The molecule has 1 amide bonds. The van der Waals surface area contributed by atoms with Gasteiger partial charge < -0.3 is 16.8 Å². The molecule has 0 fully saturated rings. The van der Waals surface area contributed by atoms with Crippen molar-refractivity contribution >= 4 is 29.0 Å². The lowest BCUT2D eigenvalue weighted by molar-refractivity contribution is 0.100. The number of thioether (sulfide) groups is 1. The first-order valence-corrected chi connectivity index (χ1v) is 6.29. The normalized spacial score (nSPS) is 12.1. The quantitative estimate of drug-likeness (QED) is 0.681. The van der Waals surface area contributed by atoms with E-state index in [4.69, 9.17) is 11.5 Å². The first kappa shape index (κ1) is 12.7. The summed E-state index contributed by atoms with van der Waals surface area (Å²) in [5, 5.41) is 3.64. The highest BCUT2D eigenvalue weighted by Crippen LogP contribution is 2.19. The molecule has 1 unspecified atom stereocenters. The lowest BCUT2D eigenvalue weighted by Crippen LogP contribution is -2.18. The third kappa shape index (κ3) is 3.34. The fraction of sp³-hybridized carbons (Fsp3) is 0.364. The maximum atomic E-state index is 11.2.